The molecule has 4 aromatic rings. The molecule has 0 fully saturated rings. The zero-order valence-corrected chi connectivity index (χ0v) is 27.0. The Labute approximate surface area is 283 Å². The summed E-state index contributed by atoms with van der Waals surface area (Å²) in [6.45, 7) is 1.74. The number of rotatable bonds is 10. The second-order valence-corrected chi connectivity index (χ2v) is 11.7. The van der Waals surface area contributed by atoms with Gasteiger partial charge in [0.2, 0.25) is 0 Å². The number of nitrogens with zero attached hydrogens (tertiary/aromatic N) is 2. The topological polar surface area (TPSA) is 105 Å². The molecule has 0 bridgehead atoms. The van der Waals surface area contributed by atoms with Crippen molar-refractivity contribution in [2.24, 2.45) is 0 Å². The van der Waals surface area contributed by atoms with Crippen LogP contribution >= 0.6 is 0 Å². The number of anilines is 1. The van der Waals surface area contributed by atoms with Gasteiger partial charge in [-0.1, -0.05) is 30.3 Å². The summed E-state index contributed by atoms with van der Waals surface area (Å²) in [6, 6.07) is 12.3. The number of nitrogens with one attached hydrogen (secondary N) is 1. The van der Waals surface area contributed by atoms with E-state index >= 15 is 8.78 Å². The van der Waals surface area contributed by atoms with E-state index in [9.17, 15) is 32.3 Å². The van der Waals surface area contributed by atoms with Crippen LogP contribution in [0.4, 0.5) is 37.2 Å². The van der Waals surface area contributed by atoms with E-state index in [1.807, 2.05) is 0 Å². The molecule has 0 aliphatic carbocycles. The lowest BCUT2D eigenvalue weighted by Crippen LogP contribution is -2.47. The molecule has 9 nitrogen and oxygen atoms in total. The lowest BCUT2D eigenvalue weighted by molar-refractivity contribution is -0.116. The highest BCUT2D eigenvalue weighted by molar-refractivity contribution is 5.99. The number of urea groups is 1. The number of hydrogen-bond donors (Lipinski definition) is 1. The van der Waals surface area contributed by atoms with Crippen LogP contribution in [-0.4, -0.2) is 35.8 Å². The summed E-state index contributed by atoms with van der Waals surface area (Å²) in [5.41, 5.74) is 0.927. The predicted octanol–water partition coefficient (Wildman–Crippen LogP) is 7.29. The zero-order valence-electron chi connectivity index (χ0n) is 27.0. The fourth-order valence-electron chi connectivity index (χ4n) is 5.36. The molecule has 0 saturated heterocycles. The summed E-state index contributed by atoms with van der Waals surface area (Å²) in [5.74, 6) is -7.05. The van der Waals surface area contributed by atoms with E-state index in [4.69, 9.17) is 9.47 Å². The molecule has 1 heterocycles. The summed E-state index contributed by atoms with van der Waals surface area (Å²) < 4.78 is 82.1. The smallest absolute Gasteiger partial charge is 0.429 e. The number of Topliss-reactive ketones (excluding diaryl/α,β-unsaturated/α-hetero) is 1. The average molecular weight is 696 g/mol. The molecule has 0 spiro atoms. The van der Waals surface area contributed by atoms with Crippen LogP contribution in [0.25, 0.3) is 0 Å². The number of halogens is 5. The quantitative estimate of drug-likeness (QED) is 0.106. The summed E-state index contributed by atoms with van der Waals surface area (Å²) >= 11 is 0. The first-order chi connectivity index (χ1) is 23.7. The third-order valence-corrected chi connectivity index (χ3v) is 8.14. The number of carbonyl (C=O) groups is 4. The Morgan fingerprint density at radius 3 is 2.04 bits per heavy atom. The van der Waals surface area contributed by atoms with Crippen molar-refractivity contribution in [2.45, 2.75) is 46.0 Å². The van der Waals surface area contributed by atoms with Crippen LogP contribution in [0.1, 0.15) is 58.1 Å². The molecule has 1 aliphatic rings. The number of benzene rings is 4. The van der Waals surface area contributed by atoms with Crippen LogP contribution in [0.15, 0.2) is 66.7 Å². The van der Waals surface area contributed by atoms with Crippen molar-refractivity contribution in [2.75, 3.05) is 11.9 Å². The number of ether oxygens (including phenoxy) is 2. The van der Waals surface area contributed by atoms with E-state index in [2.05, 4.69) is 5.32 Å². The van der Waals surface area contributed by atoms with Crippen molar-refractivity contribution in [3.8, 4) is 5.75 Å². The largest absolute Gasteiger partial charge is 0.514 e. The lowest BCUT2D eigenvalue weighted by atomic mass is 9.98. The summed E-state index contributed by atoms with van der Waals surface area (Å²) in [6.07, 6.45) is -0.967. The van der Waals surface area contributed by atoms with Crippen LogP contribution < -0.4 is 15.0 Å². The highest BCUT2D eigenvalue weighted by atomic mass is 19.2. The van der Waals surface area contributed by atoms with E-state index < -0.39 is 83.2 Å². The van der Waals surface area contributed by atoms with E-state index in [0.717, 1.165) is 22.6 Å². The van der Waals surface area contributed by atoms with Crippen molar-refractivity contribution in [1.82, 2.24) is 10.2 Å². The summed E-state index contributed by atoms with van der Waals surface area (Å²) in [7, 11) is 1.49. The van der Waals surface area contributed by atoms with Gasteiger partial charge >= 0.3 is 12.2 Å². The van der Waals surface area contributed by atoms with Gasteiger partial charge in [-0.2, -0.15) is 0 Å². The molecule has 5 rings (SSSR count). The van der Waals surface area contributed by atoms with Gasteiger partial charge in [0.15, 0.2) is 0 Å². The zero-order chi connectivity index (χ0) is 36.3. The minimum atomic E-state index is -1.23. The minimum Gasteiger partial charge on any atom is -0.429 e. The SMILES string of the molecule is CC(=O)Cc1ccc(COC(=O)Oc2cc(F)c(CN3C(=O)N(C)[C@@H](C)c4ccc(C(=O)NCc5c(F)cc(F)cc5F)cc43)c(F)c2)cc1. The highest BCUT2D eigenvalue weighted by Crippen LogP contribution is 2.38. The van der Waals surface area contributed by atoms with Crippen molar-refractivity contribution in [3.63, 3.8) is 0 Å². The minimum absolute atomic E-state index is 0.00816. The Morgan fingerprint density at radius 1 is 0.820 bits per heavy atom. The number of carbonyl (C=O) groups excluding carboxylic acids is 4. The van der Waals surface area contributed by atoms with Gasteiger partial charge in [-0.25, -0.2) is 31.5 Å². The Balaban J connectivity index is 1.30. The molecular weight excluding hydrogens is 665 g/mol. The van der Waals surface area contributed by atoms with Crippen LogP contribution in [0.2, 0.25) is 0 Å². The number of hydrogen-bond acceptors (Lipinski definition) is 6. The number of ketones is 1. The van der Waals surface area contributed by atoms with Crippen molar-refractivity contribution < 1.29 is 50.6 Å². The Kier molecular flexibility index (Phi) is 10.5. The lowest BCUT2D eigenvalue weighted by Gasteiger charge is -2.39. The Morgan fingerprint density at radius 2 is 1.42 bits per heavy atom. The monoisotopic (exact) mass is 695 g/mol. The molecule has 50 heavy (non-hydrogen) atoms. The van der Waals surface area contributed by atoms with Gasteiger partial charge in [-0.05, 0) is 42.7 Å². The van der Waals surface area contributed by atoms with Gasteiger partial charge < -0.3 is 19.7 Å². The summed E-state index contributed by atoms with van der Waals surface area (Å²) in [4.78, 5) is 52.3. The van der Waals surface area contributed by atoms with Crippen molar-refractivity contribution >= 4 is 29.6 Å². The van der Waals surface area contributed by atoms with Gasteiger partial charge in [-0.3, -0.25) is 14.5 Å². The molecule has 1 aliphatic heterocycles. The molecule has 0 aromatic heterocycles. The predicted molar refractivity (Wildman–Crippen MR) is 170 cm³/mol. The van der Waals surface area contributed by atoms with Gasteiger partial charge in [0.25, 0.3) is 5.91 Å². The fraction of sp³-hybridized carbons (Fsp3) is 0.222. The Hall–Kier alpha value is -5.79. The molecule has 3 amide bonds. The molecule has 260 valence electrons. The first kappa shape index (κ1) is 35.5. The molecule has 0 unspecified atom stereocenters. The van der Waals surface area contributed by atoms with E-state index in [1.54, 1.807) is 37.3 Å². The maximum Gasteiger partial charge on any atom is 0.514 e. The van der Waals surface area contributed by atoms with Gasteiger partial charge in [-0.15, -0.1) is 0 Å². The highest BCUT2D eigenvalue weighted by Gasteiger charge is 2.35. The first-order valence-electron chi connectivity index (χ1n) is 15.2. The molecule has 4 aromatic carbocycles. The molecule has 1 N–H and O–H groups in total. The van der Waals surface area contributed by atoms with Crippen molar-refractivity contribution in [3.05, 3.63) is 129 Å². The third-order valence-electron chi connectivity index (χ3n) is 8.14. The van der Waals surface area contributed by atoms with Crippen molar-refractivity contribution in [1.29, 1.82) is 0 Å². The second-order valence-electron chi connectivity index (χ2n) is 11.7. The molecular formula is C36H30F5N3O6. The second kappa shape index (κ2) is 14.8. The third kappa shape index (κ3) is 7.91. The molecule has 0 saturated carbocycles. The van der Waals surface area contributed by atoms with Crippen LogP contribution in [0, 0.1) is 29.1 Å². The van der Waals surface area contributed by atoms with Crippen LogP contribution in [0.3, 0.4) is 0 Å². The standard InChI is InChI=1S/C36H30F5N3O6/c1-19(45)10-21-4-6-22(7-5-21)18-49-36(48)50-25-14-31(40)28(32(41)15-25)17-44-33-11-23(8-9-26(33)20(2)43(3)35(44)47)34(46)42-16-27-29(38)12-24(37)13-30(27)39/h4-9,11-15,20H,10,16-18H2,1-3H3,(H,42,46)/t20-/m0/s1. The molecule has 1 atom stereocenters. The molecule has 14 heteroatoms. The maximum absolute atomic E-state index is 15.3. The van der Waals surface area contributed by atoms with Gasteiger partial charge in [0, 0.05) is 61.0 Å². The van der Waals surface area contributed by atoms with E-state index in [1.165, 1.54) is 31.0 Å². The molecule has 0 radical (unpaired) electrons. The fourth-order valence-corrected chi connectivity index (χ4v) is 5.36. The Bertz CT molecular complexity index is 1940. The van der Waals surface area contributed by atoms with E-state index in [-0.39, 0.29) is 30.1 Å². The van der Waals surface area contributed by atoms with Crippen LogP contribution in [0.5, 0.6) is 5.75 Å². The summed E-state index contributed by atoms with van der Waals surface area (Å²) in [5, 5.41) is 2.35. The van der Waals surface area contributed by atoms with Crippen LogP contribution in [-0.2, 0) is 35.6 Å². The normalized spacial score (nSPS) is 13.9. The number of fused-ring (bicyclic) bond motifs is 1. The average Bonchev–Trinajstić information content (AvgIpc) is 3.05. The van der Waals surface area contributed by atoms with Gasteiger partial charge in [0.05, 0.1) is 18.3 Å². The van der Waals surface area contributed by atoms with E-state index in [0.29, 0.717) is 23.3 Å². The first-order valence-corrected chi connectivity index (χ1v) is 15.2. The van der Waals surface area contributed by atoms with Gasteiger partial charge in [0.1, 0.15) is 47.2 Å². The maximum atomic E-state index is 15.3. The number of amides is 3.